The second-order valence-electron chi connectivity index (χ2n) is 5.46. The third-order valence-electron chi connectivity index (χ3n) is 3.60. The largest absolute Gasteiger partial charge is 0.419 e. The summed E-state index contributed by atoms with van der Waals surface area (Å²) in [6.07, 6.45) is -5.04. The van der Waals surface area contributed by atoms with E-state index in [-0.39, 0.29) is 17.4 Å². The molecule has 2 aromatic carbocycles. The minimum Gasteiger partial charge on any atom is -0.325 e. The summed E-state index contributed by atoms with van der Waals surface area (Å²) in [6.45, 7) is 0. The lowest BCUT2D eigenvalue weighted by molar-refractivity contribution is -0.139. The van der Waals surface area contributed by atoms with Gasteiger partial charge in [0.15, 0.2) is 0 Å². The van der Waals surface area contributed by atoms with Gasteiger partial charge in [-0.1, -0.05) is 11.6 Å². The van der Waals surface area contributed by atoms with Gasteiger partial charge >= 0.3 is 6.18 Å². The molecule has 26 heavy (non-hydrogen) atoms. The monoisotopic (exact) mass is 408 g/mol. The number of rotatable bonds is 3. The van der Waals surface area contributed by atoms with E-state index in [0.29, 0.717) is 23.4 Å². The van der Waals surface area contributed by atoms with Gasteiger partial charge in [-0.25, -0.2) is 12.8 Å². The molecule has 2 aromatic rings. The van der Waals surface area contributed by atoms with Crippen molar-refractivity contribution in [2.75, 3.05) is 10.0 Å². The Morgan fingerprint density at radius 2 is 1.85 bits per heavy atom. The number of carbonyl (C=O) groups excluding carboxylic acids is 1. The number of benzene rings is 2. The SMILES string of the molecule is O=C1Cc2cc(S(=O)(=O)Nc3ccc(F)c(C(F)(F)F)c3)c(Cl)cc2N1. The standard InChI is InChI=1S/C15H9ClF4N2O3S/c16-10-6-12-7(4-14(23)21-12)3-13(10)26(24,25)22-8-1-2-11(17)9(5-8)15(18,19)20/h1-3,5-6,22H,4H2,(H,21,23). The maximum atomic E-state index is 13.3. The lowest BCUT2D eigenvalue weighted by atomic mass is 10.2. The van der Waals surface area contributed by atoms with Crippen molar-refractivity contribution in [1.82, 2.24) is 0 Å². The van der Waals surface area contributed by atoms with Gasteiger partial charge in [-0.05, 0) is 35.9 Å². The Kier molecular flexibility index (Phi) is 4.35. The number of halogens is 5. The van der Waals surface area contributed by atoms with Crippen LogP contribution in [0.25, 0.3) is 0 Å². The first-order valence-corrected chi connectivity index (χ1v) is 8.85. The van der Waals surface area contributed by atoms with Crippen molar-refractivity contribution in [2.24, 2.45) is 0 Å². The third kappa shape index (κ3) is 3.47. The first-order chi connectivity index (χ1) is 12.0. The lowest BCUT2D eigenvalue weighted by Crippen LogP contribution is -2.15. The molecule has 0 saturated carbocycles. The van der Waals surface area contributed by atoms with Crippen molar-refractivity contribution in [3.8, 4) is 0 Å². The Morgan fingerprint density at radius 1 is 1.15 bits per heavy atom. The predicted octanol–water partition coefficient (Wildman–Crippen LogP) is 3.79. The van der Waals surface area contributed by atoms with Gasteiger partial charge in [0.1, 0.15) is 10.7 Å². The van der Waals surface area contributed by atoms with E-state index in [0.717, 1.165) is 12.1 Å². The molecule has 1 amide bonds. The van der Waals surface area contributed by atoms with Crippen molar-refractivity contribution in [3.63, 3.8) is 0 Å². The van der Waals surface area contributed by atoms with Crippen molar-refractivity contribution in [2.45, 2.75) is 17.5 Å². The number of carbonyl (C=O) groups is 1. The zero-order chi connectivity index (χ0) is 19.3. The van der Waals surface area contributed by atoms with Crippen molar-refractivity contribution < 1.29 is 30.8 Å². The molecule has 0 aromatic heterocycles. The molecule has 0 bridgehead atoms. The topological polar surface area (TPSA) is 75.3 Å². The summed E-state index contributed by atoms with van der Waals surface area (Å²) < 4.78 is 78.5. The van der Waals surface area contributed by atoms with Gasteiger partial charge in [-0.2, -0.15) is 13.2 Å². The molecule has 0 fully saturated rings. The number of alkyl halides is 3. The van der Waals surface area contributed by atoms with Crippen molar-refractivity contribution in [3.05, 3.63) is 52.3 Å². The van der Waals surface area contributed by atoms with E-state index >= 15 is 0 Å². The predicted molar refractivity (Wildman–Crippen MR) is 86.0 cm³/mol. The molecule has 138 valence electrons. The molecule has 1 heterocycles. The van der Waals surface area contributed by atoms with Crippen LogP contribution >= 0.6 is 11.6 Å². The van der Waals surface area contributed by atoms with Crippen LogP contribution in [0.3, 0.4) is 0 Å². The van der Waals surface area contributed by atoms with Gasteiger partial charge in [-0.3, -0.25) is 9.52 Å². The number of sulfonamides is 1. The van der Waals surface area contributed by atoms with Crippen LogP contribution in [0.4, 0.5) is 28.9 Å². The van der Waals surface area contributed by atoms with Crippen LogP contribution in [-0.2, 0) is 27.4 Å². The van der Waals surface area contributed by atoms with Crippen molar-refractivity contribution in [1.29, 1.82) is 0 Å². The summed E-state index contributed by atoms with van der Waals surface area (Å²) in [5.74, 6) is -1.87. The first kappa shape index (κ1) is 18.5. The minimum atomic E-state index is -4.98. The highest BCUT2D eigenvalue weighted by molar-refractivity contribution is 7.92. The van der Waals surface area contributed by atoms with Crippen LogP contribution < -0.4 is 10.0 Å². The molecule has 1 aliphatic rings. The van der Waals surface area contributed by atoms with Crippen LogP contribution in [-0.4, -0.2) is 14.3 Å². The third-order valence-corrected chi connectivity index (χ3v) is 5.44. The summed E-state index contributed by atoms with van der Waals surface area (Å²) >= 11 is 5.92. The molecule has 2 N–H and O–H groups in total. The molecular formula is C15H9ClF4N2O3S. The second-order valence-corrected chi connectivity index (χ2v) is 7.52. The average Bonchev–Trinajstić information content (AvgIpc) is 2.86. The number of hydrogen-bond donors (Lipinski definition) is 2. The highest BCUT2D eigenvalue weighted by atomic mass is 35.5. The number of anilines is 2. The average molecular weight is 409 g/mol. The van der Waals surface area contributed by atoms with Crippen molar-refractivity contribution >= 4 is 38.9 Å². The molecule has 3 rings (SSSR count). The number of nitrogens with one attached hydrogen (secondary N) is 2. The number of amides is 1. The Labute approximate surface area is 150 Å². The minimum absolute atomic E-state index is 0.0518. The second kappa shape index (κ2) is 6.13. The van der Waals surface area contributed by atoms with Gasteiger partial charge in [0.05, 0.1) is 17.0 Å². The fraction of sp³-hybridized carbons (Fsp3) is 0.133. The molecule has 0 atom stereocenters. The maximum Gasteiger partial charge on any atom is 0.419 e. The smallest absolute Gasteiger partial charge is 0.325 e. The van der Waals surface area contributed by atoms with E-state index in [1.165, 1.54) is 6.07 Å². The zero-order valence-corrected chi connectivity index (χ0v) is 14.2. The van der Waals surface area contributed by atoms with E-state index in [2.05, 4.69) is 5.32 Å². The van der Waals surface area contributed by atoms with Crippen LogP contribution in [0.1, 0.15) is 11.1 Å². The van der Waals surface area contributed by atoms with E-state index in [1.807, 2.05) is 4.72 Å². The highest BCUT2D eigenvalue weighted by Crippen LogP contribution is 2.35. The summed E-state index contributed by atoms with van der Waals surface area (Å²) in [4.78, 5) is 11.0. The molecular weight excluding hydrogens is 400 g/mol. The van der Waals surface area contributed by atoms with Gasteiger partial charge in [0.25, 0.3) is 10.0 Å². The normalized spacial score (nSPS) is 14.1. The van der Waals surface area contributed by atoms with Crippen LogP contribution in [0, 0.1) is 5.82 Å². The molecule has 5 nitrogen and oxygen atoms in total. The number of hydrogen-bond acceptors (Lipinski definition) is 3. The van der Waals surface area contributed by atoms with Gasteiger partial charge in [0.2, 0.25) is 5.91 Å². The van der Waals surface area contributed by atoms with Gasteiger partial charge in [-0.15, -0.1) is 0 Å². The molecule has 0 radical (unpaired) electrons. The quantitative estimate of drug-likeness (QED) is 0.759. The highest BCUT2D eigenvalue weighted by Gasteiger charge is 2.34. The molecule has 0 aliphatic carbocycles. The lowest BCUT2D eigenvalue weighted by Gasteiger charge is -2.13. The van der Waals surface area contributed by atoms with Crippen LogP contribution in [0.5, 0.6) is 0 Å². The van der Waals surface area contributed by atoms with Crippen LogP contribution in [0.2, 0.25) is 5.02 Å². The van der Waals surface area contributed by atoms with Gasteiger partial charge < -0.3 is 5.32 Å². The van der Waals surface area contributed by atoms with Gasteiger partial charge in [0, 0.05) is 11.4 Å². The first-order valence-electron chi connectivity index (χ1n) is 6.99. The zero-order valence-electron chi connectivity index (χ0n) is 12.6. The molecule has 0 unspecified atom stereocenters. The molecule has 0 saturated heterocycles. The Bertz CT molecular complexity index is 1020. The number of fused-ring (bicyclic) bond motifs is 1. The summed E-state index contributed by atoms with van der Waals surface area (Å²) in [5.41, 5.74) is -1.34. The summed E-state index contributed by atoms with van der Waals surface area (Å²) in [6, 6.07) is 4.11. The summed E-state index contributed by atoms with van der Waals surface area (Å²) in [7, 11) is -4.37. The Morgan fingerprint density at radius 3 is 2.50 bits per heavy atom. The van der Waals surface area contributed by atoms with E-state index in [1.54, 1.807) is 0 Å². The fourth-order valence-electron chi connectivity index (χ4n) is 2.45. The maximum absolute atomic E-state index is 13.3. The molecule has 1 aliphatic heterocycles. The fourth-order valence-corrected chi connectivity index (χ4v) is 4.08. The van der Waals surface area contributed by atoms with E-state index in [9.17, 15) is 30.8 Å². The summed E-state index contributed by atoms with van der Waals surface area (Å²) in [5, 5.41) is 2.27. The van der Waals surface area contributed by atoms with Crippen LogP contribution in [0.15, 0.2) is 35.2 Å². The van der Waals surface area contributed by atoms with E-state index < -0.39 is 38.2 Å². The van der Waals surface area contributed by atoms with E-state index in [4.69, 9.17) is 11.6 Å². The Hall–Kier alpha value is -2.33. The molecule has 0 spiro atoms. The molecule has 11 heteroatoms. The Balaban J connectivity index is 1.99.